The highest BCUT2D eigenvalue weighted by Gasteiger charge is 1.97. The Bertz CT molecular complexity index is 276. The molecule has 0 saturated heterocycles. The van der Waals surface area contributed by atoms with E-state index in [2.05, 4.69) is 4.98 Å². The molecule has 0 bridgehead atoms. The summed E-state index contributed by atoms with van der Waals surface area (Å²) in [5.41, 5.74) is 5.78. The van der Waals surface area contributed by atoms with Crippen molar-refractivity contribution in [3.8, 4) is 0 Å². The van der Waals surface area contributed by atoms with Crippen LogP contribution in [0.3, 0.4) is 0 Å². The minimum atomic E-state index is -0.245. The summed E-state index contributed by atoms with van der Waals surface area (Å²) in [5, 5.41) is 0. The first-order valence-corrected chi connectivity index (χ1v) is 2.91. The van der Waals surface area contributed by atoms with Crippen LogP contribution >= 0.6 is 0 Å². The molecule has 2 N–H and O–H groups in total. The zero-order valence-electron chi connectivity index (χ0n) is 5.96. The molecule has 0 atom stereocenters. The molecule has 0 aliphatic rings. The Morgan fingerprint density at radius 3 is 2.80 bits per heavy atom. The van der Waals surface area contributed by atoms with Crippen LogP contribution in [0.15, 0.2) is 11.0 Å². The minimum absolute atomic E-state index is 0.0579. The molecule has 1 aromatic rings. The minimum Gasteiger partial charge on any atom is -0.379 e. The number of nitrogens with zero attached hydrogens (tertiary/aromatic N) is 2. The van der Waals surface area contributed by atoms with Gasteiger partial charge < -0.3 is 10.3 Å². The van der Waals surface area contributed by atoms with Gasteiger partial charge in [-0.15, -0.1) is 0 Å². The third kappa shape index (κ3) is 1.00. The van der Waals surface area contributed by atoms with Crippen molar-refractivity contribution < 1.29 is 0 Å². The highest BCUT2D eigenvalue weighted by molar-refractivity contribution is 5.24. The Labute approximate surface area is 58.3 Å². The van der Waals surface area contributed by atoms with Crippen molar-refractivity contribution >= 4 is 5.82 Å². The third-order valence-electron chi connectivity index (χ3n) is 1.22. The van der Waals surface area contributed by atoms with Gasteiger partial charge in [-0.05, 0) is 6.92 Å². The molecule has 4 heteroatoms. The molecule has 0 saturated carbocycles. The summed E-state index contributed by atoms with van der Waals surface area (Å²) in [6, 6.07) is 0. The second-order valence-electron chi connectivity index (χ2n) is 2.18. The first-order chi connectivity index (χ1) is 4.61. The maximum atomic E-state index is 10.9. The van der Waals surface area contributed by atoms with Crippen molar-refractivity contribution in [2.24, 2.45) is 7.05 Å². The van der Waals surface area contributed by atoms with Gasteiger partial charge in [0.05, 0.1) is 5.69 Å². The Morgan fingerprint density at radius 1 is 1.70 bits per heavy atom. The molecule has 54 valence electrons. The van der Waals surface area contributed by atoms with Gasteiger partial charge in [0.1, 0.15) is 0 Å². The maximum absolute atomic E-state index is 10.9. The van der Waals surface area contributed by atoms with Crippen molar-refractivity contribution in [3.63, 3.8) is 0 Å². The highest BCUT2D eigenvalue weighted by atomic mass is 16.1. The first kappa shape index (κ1) is 6.80. The van der Waals surface area contributed by atoms with Gasteiger partial charge in [-0.3, -0.25) is 4.79 Å². The van der Waals surface area contributed by atoms with E-state index in [0.717, 1.165) is 5.69 Å². The van der Waals surface area contributed by atoms with Crippen molar-refractivity contribution in [1.29, 1.82) is 0 Å². The SMILES string of the molecule is Cc1cn(C)c(=O)c(N)n1. The van der Waals surface area contributed by atoms with Crippen molar-refractivity contribution in [2.45, 2.75) is 6.92 Å². The lowest BCUT2D eigenvalue weighted by Gasteiger charge is -1.98. The van der Waals surface area contributed by atoms with Gasteiger partial charge in [0.25, 0.3) is 5.56 Å². The molecule has 1 heterocycles. The predicted octanol–water partition coefficient (Wildman–Crippen LogP) is -0.329. The van der Waals surface area contributed by atoms with E-state index >= 15 is 0 Å². The molecular weight excluding hydrogens is 130 g/mol. The third-order valence-corrected chi connectivity index (χ3v) is 1.22. The summed E-state index contributed by atoms with van der Waals surface area (Å²) < 4.78 is 1.41. The average molecular weight is 139 g/mol. The fourth-order valence-electron chi connectivity index (χ4n) is 0.786. The lowest BCUT2D eigenvalue weighted by Crippen LogP contribution is -2.21. The van der Waals surface area contributed by atoms with Crippen molar-refractivity contribution in [3.05, 3.63) is 22.2 Å². The fraction of sp³-hybridized carbons (Fsp3) is 0.333. The van der Waals surface area contributed by atoms with Crippen LogP contribution in [0.2, 0.25) is 0 Å². The molecule has 1 aromatic heterocycles. The number of hydrogen-bond acceptors (Lipinski definition) is 3. The highest BCUT2D eigenvalue weighted by Crippen LogP contribution is 1.89. The van der Waals surface area contributed by atoms with Crippen LogP contribution in [-0.4, -0.2) is 9.55 Å². The van der Waals surface area contributed by atoms with Gasteiger partial charge in [0.2, 0.25) is 0 Å². The Morgan fingerprint density at radius 2 is 2.30 bits per heavy atom. The number of rotatable bonds is 0. The monoisotopic (exact) mass is 139 g/mol. The van der Waals surface area contributed by atoms with Crippen LogP contribution < -0.4 is 11.3 Å². The van der Waals surface area contributed by atoms with Gasteiger partial charge in [-0.2, -0.15) is 0 Å². The van der Waals surface area contributed by atoms with Crippen LogP contribution in [0, 0.1) is 6.92 Å². The Kier molecular flexibility index (Phi) is 1.45. The summed E-state index contributed by atoms with van der Waals surface area (Å²) in [5.74, 6) is 0.0579. The smallest absolute Gasteiger partial charge is 0.292 e. The van der Waals surface area contributed by atoms with E-state index in [1.807, 2.05) is 0 Å². The molecule has 0 spiro atoms. The molecule has 1 rings (SSSR count). The number of hydrogen-bond donors (Lipinski definition) is 1. The van der Waals surface area contributed by atoms with E-state index in [9.17, 15) is 4.79 Å². The summed E-state index contributed by atoms with van der Waals surface area (Å²) in [6.07, 6.45) is 1.64. The Hall–Kier alpha value is -1.32. The van der Waals surface area contributed by atoms with Crippen LogP contribution in [0.4, 0.5) is 5.82 Å². The van der Waals surface area contributed by atoms with Gasteiger partial charge in [0, 0.05) is 13.2 Å². The molecule has 0 aromatic carbocycles. The molecule has 0 radical (unpaired) electrons. The van der Waals surface area contributed by atoms with Crippen LogP contribution in [0.5, 0.6) is 0 Å². The molecular formula is C6H9N3O. The maximum Gasteiger partial charge on any atom is 0.292 e. The van der Waals surface area contributed by atoms with E-state index in [1.165, 1.54) is 4.57 Å². The normalized spacial score (nSPS) is 9.80. The lowest BCUT2D eigenvalue weighted by molar-refractivity contribution is 0.833. The number of aromatic nitrogens is 2. The average Bonchev–Trinajstić information content (AvgIpc) is 1.82. The number of anilines is 1. The van der Waals surface area contributed by atoms with E-state index in [0.29, 0.717) is 0 Å². The number of nitrogen functional groups attached to an aromatic ring is 1. The predicted molar refractivity (Wildman–Crippen MR) is 38.6 cm³/mol. The molecule has 0 aliphatic carbocycles. The summed E-state index contributed by atoms with van der Waals surface area (Å²) in [6.45, 7) is 1.79. The fourth-order valence-corrected chi connectivity index (χ4v) is 0.786. The molecule has 0 fully saturated rings. The van der Waals surface area contributed by atoms with E-state index in [1.54, 1.807) is 20.2 Å². The van der Waals surface area contributed by atoms with Gasteiger partial charge in [-0.25, -0.2) is 4.98 Å². The van der Waals surface area contributed by atoms with Crippen LogP contribution in [0.25, 0.3) is 0 Å². The lowest BCUT2D eigenvalue weighted by atomic mass is 10.5. The van der Waals surface area contributed by atoms with E-state index < -0.39 is 0 Å². The molecule has 0 unspecified atom stereocenters. The molecule has 0 amide bonds. The van der Waals surface area contributed by atoms with Gasteiger partial charge in [0.15, 0.2) is 5.82 Å². The van der Waals surface area contributed by atoms with Crippen LogP contribution in [-0.2, 0) is 7.05 Å². The van der Waals surface area contributed by atoms with Gasteiger partial charge in [-0.1, -0.05) is 0 Å². The van der Waals surface area contributed by atoms with E-state index in [-0.39, 0.29) is 11.4 Å². The standard InChI is InChI=1S/C6H9N3O/c1-4-3-9(2)6(10)5(7)8-4/h3H,1-2H3,(H2,7,8). The number of nitrogens with two attached hydrogens (primary N) is 1. The van der Waals surface area contributed by atoms with Crippen LogP contribution in [0.1, 0.15) is 5.69 Å². The molecule has 4 nitrogen and oxygen atoms in total. The zero-order valence-corrected chi connectivity index (χ0v) is 5.96. The van der Waals surface area contributed by atoms with Crippen molar-refractivity contribution in [2.75, 3.05) is 5.73 Å². The zero-order chi connectivity index (χ0) is 7.72. The number of aryl methyl sites for hydroxylation is 2. The summed E-state index contributed by atoms with van der Waals surface area (Å²) in [7, 11) is 1.65. The Balaban J connectivity index is 3.46. The molecule has 0 aliphatic heterocycles. The quantitative estimate of drug-likeness (QED) is 0.535. The topological polar surface area (TPSA) is 60.9 Å². The van der Waals surface area contributed by atoms with E-state index in [4.69, 9.17) is 5.73 Å². The second kappa shape index (κ2) is 2.13. The van der Waals surface area contributed by atoms with Crippen molar-refractivity contribution in [1.82, 2.24) is 9.55 Å². The first-order valence-electron chi connectivity index (χ1n) is 2.91. The summed E-state index contributed by atoms with van der Waals surface area (Å²) >= 11 is 0. The second-order valence-corrected chi connectivity index (χ2v) is 2.18. The van der Waals surface area contributed by atoms with Gasteiger partial charge >= 0.3 is 0 Å². The molecule has 10 heavy (non-hydrogen) atoms. The largest absolute Gasteiger partial charge is 0.379 e. The summed E-state index contributed by atoms with van der Waals surface area (Å²) in [4.78, 5) is 14.7.